The number of pyridine rings is 1. The van der Waals surface area contributed by atoms with E-state index in [4.69, 9.17) is 16.3 Å². The monoisotopic (exact) mass is 337 g/mol. The molecule has 3 aliphatic rings. The lowest BCUT2D eigenvalue weighted by Crippen LogP contribution is -2.70. The average molecular weight is 338 g/mol. The van der Waals surface area contributed by atoms with Crippen LogP contribution < -0.4 is 10.9 Å². The maximum Gasteiger partial charge on any atom is 0.266 e. The molecule has 1 aliphatic carbocycles. The summed E-state index contributed by atoms with van der Waals surface area (Å²) in [5, 5.41) is 3.17. The summed E-state index contributed by atoms with van der Waals surface area (Å²) in [6.07, 6.45) is 5.08. The van der Waals surface area contributed by atoms with Crippen molar-refractivity contribution >= 4 is 17.5 Å². The van der Waals surface area contributed by atoms with Crippen LogP contribution in [0.1, 0.15) is 29.6 Å². The van der Waals surface area contributed by atoms with Crippen LogP contribution in [0.3, 0.4) is 0 Å². The first-order valence-corrected chi connectivity index (χ1v) is 8.58. The van der Waals surface area contributed by atoms with Crippen molar-refractivity contribution in [3.8, 4) is 0 Å². The van der Waals surface area contributed by atoms with Gasteiger partial charge in [-0.2, -0.15) is 0 Å². The summed E-state index contributed by atoms with van der Waals surface area (Å²) in [6, 6.07) is 1.80. The van der Waals surface area contributed by atoms with Crippen molar-refractivity contribution in [3.63, 3.8) is 0 Å². The average Bonchev–Trinajstić information content (AvgIpc) is 3.18. The number of carbonyl (C=O) groups is 1. The number of halogens is 1. The van der Waals surface area contributed by atoms with Gasteiger partial charge in [-0.1, -0.05) is 11.6 Å². The highest BCUT2D eigenvalue weighted by molar-refractivity contribution is 6.30. The lowest BCUT2D eigenvalue weighted by molar-refractivity contribution is -0.0747. The predicted molar refractivity (Wildman–Crippen MR) is 85.8 cm³/mol. The Balaban J connectivity index is 1.50. The van der Waals surface area contributed by atoms with E-state index in [-0.39, 0.29) is 34.7 Å². The highest BCUT2D eigenvalue weighted by atomic mass is 35.5. The molecule has 2 aliphatic heterocycles. The number of H-pyrrole nitrogens is 1. The molecule has 3 heterocycles. The van der Waals surface area contributed by atoms with Crippen molar-refractivity contribution in [2.45, 2.75) is 37.5 Å². The fraction of sp³-hybridized carbons (Fsp3) is 0.625. The Hall–Kier alpha value is -1.37. The Kier molecular flexibility index (Phi) is 3.91. The standard InChI is InChI=1S/C16H20ClN3O3/c17-11-7-9(8-18-16(11)22)15(21)19-12-10-3-6-23-14(10)13(12)20-4-1-2-5-20/h7-8,10,12-14H,1-6H2,(H,18,22)(H,19,21)/t10-,12+,13-,14-/m0/s1. The zero-order valence-electron chi connectivity index (χ0n) is 12.8. The van der Waals surface area contributed by atoms with Crippen LogP contribution in [0.5, 0.6) is 0 Å². The van der Waals surface area contributed by atoms with Gasteiger partial charge in [0.2, 0.25) is 0 Å². The molecule has 6 nitrogen and oxygen atoms in total. The number of rotatable bonds is 3. The minimum atomic E-state index is -0.383. The smallest absolute Gasteiger partial charge is 0.266 e. The van der Waals surface area contributed by atoms with Crippen molar-refractivity contribution in [2.24, 2.45) is 5.92 Å². The van der Waals surface area contributed by atoms with Gasteiger partial charge < -0.3 is 15.0 Å². The normalized spacial score (nSPS) is 33.3. The molecule has 1 aromatic heterocycles. The number of carbonyl (C=O) groups excluding carboxylic acids is 1. The van der Waals surface area contributed by atoms with E-state index in [9.17, 15) is 9.59 Å². The number of hydrogen-bond acceptors (Lipinski definition) is 4. The second-order valence-electron chi connectivity index (χ2n) is 6.59. The predicted octanol–water partition coefficient (Wildman–Crippen LogP) is 1.01. The first-order chi connectivity index (χ1) is 11.1. The molecule has 3 fully saturated rings. The first-order valence-electron chi connectivity index (χ1n) is 8.20. The number of amides is 1. The second-order valence-corrected chi connectivity index (χ2v) is 6.99. The summed E-state index contributed by atoms with van der Waals surface area (Å²) >= 11 is 5.81. The third-order valence-corrected chi connectivity index (χ3v) is 5.61. The van der Waals surface area contributed by atoms with Crippen molar-refractivity contribution in [2.75, 3.05) is 19.7 Å². The van der Waals surface area contributed by atoms with Crippen LogP contribution in [0, 0.1) is 5.92 Å². The van der Waals surface area contributed by atoms with E-state index >= 15 is 0 Å². The van der Waals surface area contributed by atoms with Crippen molar-refractivity contribution in [1.29, 1.82) is 0 Å². The molecule has 2 saturated heterocycles. The van der Waals surface area contributed by atoms with Gasteiger partial charge in [-0.3, -0.25) is 14.5 Å². The van der Waals surface area contributed by atoms with Gasteiger partial charge in [0.15, 0.2) is 0 Å². The molecule has 4 atom stereocenters. The Morgan fingerprint density at radius 2 is 2.17 bits per heavy atom. The van der Waals surface area contributed by atoms with Gasteiger partial charge >= 0.3 is 0 Å². The SMILES string of the molecule is O=C(N[C@@H]1[C@@H]2CCO[C@@H]2[C@H]1N1CCCC1)c1c[nH]c(=O)c(Cl)c1. The van der Waals surface area contributed by atoms with Crippen molar-refractivity contribution in [3.05, 3.63) is 33.2 Å². The Labute approximate surface area is 139 Å². The number of aromatic amines is 1. The highest BCUT2D eigenvalue weighted by Crippen LogP contribution is 2.42. The fourth-order valence-corrected chi connectivity index (χ4v) is 4.34. The molecule has 23 heavy (non-hydrogen) atoms. The number of hydrogen-bond donors (Lipinski definition) is 2. The minimum absolute atomic E-state index is 0.0319. The summed E-state index contributed by atoms with van der Waals surface area (Å²) in [6.45, 7) is 2.93. The topological polar surface area (TPSA) is 74.4 Å². The molecule has 1 saturated carbocycles. The molecule has 7 heteroatoms. The lowest BCUT2D eigenvalue weighted by atomic mass is 9.70. The third kappa shape index (κ3) is 2.58. The van der Waals surface area contributed by atoms with Crippen LogP contribution in [-0.4, -0.2) is 53.7 Å². The van der Waals surface area contributed by atoms with Crippen molar-refractivity contribution in [1.82, 2.24) is 15.2 Å². The van der Waals surface area contributed by atoms with Crippen LogP contribution in [0.4, 0.5) is 0 Å². The highest BCUT2D eigenvalue weighted by Gasteiger charge is 2.56. The van der Waals surface area contributed by atoms with Gasteiger partial charge in [-0.15, -0.1) is 0 Å². The Morgan fingerprint density at radius 1 is 1.39 bits per heavy atom. The van der Waals surface area contributed by atoms with E-state index in [1.165, 1.54) is 25.1 Å². The van der Waals surface area contributed by atoms with E-state index < -0.39 is 0 Å². The zero-order chi connectivity index (χ0) is 16.0. The van der Waals surface area contributed by atoms with Crippen LogP contribution >= 0.6 is 11.6 Å². The molecule has 0 bridgehead atoms. The van der Waals surface area contributed by atoms with Gasteiger partial charge in [-0.25, -0.2) is 0 Å². The summed E-state index contributed by atoms with van der Waals surface area (Å²) < 4.78 is 5.87. The molecular formula is C16H20ClN3O3. The number of aromatic nitrogens is 1. The van der Waals surface area contributed by atoms with Crippen LogP contribution in [0.15, 0.2) is 17.1 Å². The summed E-state index contributed by atoms with van der Waals surface area (Å²) in [5.41, 5.74) is 0.00296. The van der Waals surface area contributed by atoms with E-state index in [0.717, 1.165) is 26.1 Å². The van der Waals surface area contributed by atoms with Gasteiger partial charge in [-0.05, 0) is 38.4 Å². The molecule has 1 amide bonds. The molecular weight excluding hydrogens is 318 g/mol. The molecule has 0 spiro atoms. The van der Waals surface area contributed by atoms with Crippen LogP contribution in [0.25, 0.3) is 0 Å². The largest absolute Gasteiger partial charge is 0.376 e. The second kappa shape index (κ2) is 5.92. The fourth-order valence-electron chi connectivity index (χ4n) is 4.16. The summed E-state index contributed by atoms with van der Waals surface area (Å²) in [4.78, 5) is 28.8. The number of likely N-dealkylation sites (tertiary alicyclic amines) is 1. The van der Waals surface area contributed by atoms with Gasteiger partial charge in [0.05, 0.1) is 23.8 Å². The van der Waals surface area contributed by atoms with Gasteiger partial charge in [0.1, 0.15) is 5.02 Å². The zero-order valence-corrected chi connectivity index (χ0v) is 13.5. The van der Waals surface area contributed by atoms with Crippen molar-refractivity contribution < 1.29 is 9.53 Å². The van der Waals surface area contributed by atoms with Crippen LogP contribution in [0.2, 0.25) is 5.02 Å². The van der Waals surface area contributed by atoms with Gasteiger partial charge in [0.25, 0.3) is 11.5 Å². The maximum atomic E-state index is 12.5. The van der Waals surface area contributed by atoms with E-state index in [1.807, 2.05) is 0 Å². The quantitative estimate of drug-likeness (QED) is 0.863. The van der Waals surface area contributed by atoms with E-state index in [1.54, 1.807) is 0 Å². The molecule has 0 unspecified atom stereocenters. The number of nitrogens with zero attached hydrogens (tertiary/aromatic N) is 1. The third-order valence-electron chi connectivity index (χ3n) is 5.33. The molecule has 124 valence electrons. The Bertz CT molecular complexity index is 666. The molecule has 0 radical (unpaired) electrons. The minimum Gasteiger partial charge on any atom is -0.376 e. The molecule has 1 aromatic rings. The number of nitrogens with one attached hydrogen (secondary N) is 2. The molecule has 4 rings (SSSR count). The number of fused-ring (bicyclic) bond motifs is 1. The molecule has 2 N–H and O–H groups in total. The Morgan fingerprint density at radius 3 is 2.91 bits per heavy atom. The van der Waals surface area contributed by atoms with Crippen LogP contribution in [-0.2, 0) is 4.74 Å². The molecule has 0 aromatic carbocycles. The lowest BCUT2D eigenvalue weighted by Gasteiger charge is -2.51. The summed E-state index contributed by atoms with van der Waals surface area (Å²) in [7, 11) is 0. The number of ether oxygens (including phenoxy) is 1. The van der Waals surface area contributed by atoms with E-state index in [2.05, 4.69) is 15.2 Å². The first kappa shape index (κ1) is 15.2. The maximum absolute atomic E-state index is 12.5. The van der Waals surface area contributed by atoms with E-state index in [0.29, 0.717) is 11.5 Å². The van der Waals surface area contributed by atoms with Gasteiger partial charge in [0, 0.05) is 18.7 Å². The summed E-state index contributed by atoms with van der Waals surface area (Å²) in [5.74, 6) is 0.200.